The van der Waals surface area contributed by atoms with Gasteiger partial charge in [-0.1, -0.05) is 6.07 Å². The lowest BCUT2D eigenvalue weighted by Gasteiger charge is -2.31. The smallest absolute Gasteiger partial charge is 0.270 e. The van der Waals surface area contributed by atoms with Crippen molar-refractivity contribution < 1.29 is 23.9 Å². The second-order valence-electron chi connectivity index (χ2n) is 9.14. The zero-order valence-electron chi connectivity index (χ0n) is 19.1. The molecule has 1 aromatic heterocycles. The molecule has 0 aliphatic carbocycles. The van der Waals surface area contributed by atoms with Crippen molar-refractivity contribution in [2.24, 2.45) is 13.0 Å². The molecule has 1 aromatic carbocycles. The second kappa shape index (κ2) is 9.19. The Bertz CT molecular complexity index is 1100. The van der Waals surface area contributed by atoms with Crippen molar-refractivity contribution >= 4 is 29.1 Å². The number of nitrogens with zero attached hydrogens (tertiary/aromatic N) is 2. The third kappa shape index (κ3) is 4.07. The molecular formula is C24H29N5O5. The number of nitrogens with one attached hydrogen (secondary N) is 3. The minimum atomic E-state index is -0.726. The molecule has 0 radical (unpaired) electrons. The van der Waals surface area contributed by atoms with E-state index in [1.54, 1.807) is 25.4 Å². The molecule has 2 aromatic rings. The molecule has 1 unspecified atom stereocenters. The van der Waals surface area contributed by atoms with Gasteiger partial charge in [0.1, 0.15) is 11.7 Å². The lowest BCUT2D eigenvalue weighted by molar-refractivity contribution is -0.124. The first kappa shape index (κ1) is 22.5. The summed E-state index contributed by atoms with van der Waals surface area (Å²) < 4.78 is 12.4. The monoisotopic (exact) mass is 467 g/mol. The lowest BCUT2D eigenvalue weighted by Crippen LogP contribution is -2.50. The van der Waals surface area contributed by atoms with Crippen LogP contribution in [0.2, 0.25) is 0 Å². The van der Waals surface area contributed by atoms with Crippen LogP contribution in [0.4, 0.5) is 11.4 Å². The van der Waals surface area contributed by atoms with Crippen LogP contribution in [0.25, 0.3) is 0 Å². The largest absolute Gasteiger partial charge is 0.381 e. The van der Waals surface area contributed by atoms with Gasteiger partial charge in [-0.3, -0.25) is 19.1 Å². The number of carbonyl (C=O) groups is 3. The first-order valence-corrected chi connectivity index (χ1v) is 11.7. The van der Waals surface area contributed by atoms with E-state index >= 15 is 0 Å². The van der Waals surface area contributed by atoms with E-state index < -0.39 is 11.5 Å². The molecule has 5 rings (SSSR count). The number of amides is 3. The van der Waals surface area contributed by atoms with Crippen molar-refractivity contribution in [3.8, 4) is 0 Å². The third-order valence-electron chi connectivity index (χ3n) is 7.19. The average Bonchev–Trinajstić information content (AvgIpc) is 3.39. The first-order valence-electron chi connectivity index (χ1n) is 11.7. The van der Waals surface area contributed by atoms with Crippen molar-refractivity contribution in [3.63, 3.8) is 0 Å². The molecule has 2 saturated heterocycles. The van der Waals surface area contributed by atoms with Gasteiger partial charge >= 0.3 is 0 Å². The summed E-state index contributed by atoms with van der Waals surface area (Å²) in [7, 11) is 1.68. The Hall–Kier alpha value is -3.24. The van der Waals surface area contributed by atoms with Crippen LogP contribution in [0.15, 0.2) is 30.5 Å². The van der Waals surface area contributed by atoms with Crippen LogP contribution in [0.1, 0.15) is 41.7 Å². The molecule has 3 N–H and O–H groups in total. The van der Waals surface area contributed by atoms with Gasteiger partial charge in [-0.25, -0.2) is 0 Å². The van der Waals surface area contributed by atoms with E-state index in [0.717, 1.165) is 5.56 Å². The Balaban J connectivity index is 1.35. The lowest BCUT2D eigenvalue weighted by atomic mass is 9.75. The highest BCUT2D eigenvalue weighted by molar-refractivity contribution is 6.07. The minimum Gasteiger partial charge on any atom is -0.381 e. The number of hydrogen-bond acceptors (Lipinski definition) is 6. The van der Waals surface area contributed by atoms with Gasteiger partial charge < -0.3 is 25.4 Å². The fraction of sp³-hybridized carbons (Fsp3) is 0.500. The van der Waals surface area contributed by atoms with E-state index in [-0.39, 0.29) is 23.6 Å². The average molecular weight is 468 g/mol. The number of benzene rings is 1. The molecule has 10 heteroatoms. The summed E-state index contributed by atoms with van der Waals surface area (Å²) >= 11 is 0. The summed E-state index contributed by atoms with van der Waals surface area (Å²) in [5.41, 5.74) is 2.06. The van der Waals surface area contributed by atoms with Gasteiger partial charge in [0, 0.05) is 51.0 Å². The number of rotatable bonds is 5. The fourth-order valence-electron chi connectivity index (χ4n) is 5.20. The summed E-state index contributed by atoms with van der Waals surface area (Å²) in [4.78, 5) is 39.0. The zero-order chi connectivity index (χ0) is 23.7. The van der Waals surface area contributed by atoms with E-state index in [0.29, 0.717) is 69.2 Å². The Morgan fingerprint density at radius 2 is 1.88 bits per heavy atom. The summed E-state index contributed by atoms with van der Waals surface area (Å²) in [6.45, 7) is 2.20. The quantitative estimate of drug-likeness (QED) is 0.614. The van der Waals surface area contributed by atoms with Gasteiger partial charge in [0.25, 0.3) is 5.91 Å². The number of aryl methyl sites for hydroxylation is 1. The van der Waals surface area contributed by atoms with Crippen LogP contribution < -0.4 is 16.0 Å². The number of ether oxygens (including phenoxy) is 2. The van der Waals surface area contributed by atoms with Crippen LogP contribution in [0, 0.1) is 5.92 Å². The van der Waals surface area contributed by atoms with Crippen LogP contribution in [-0.2, 0) is 31.5 Å². The number of hydrogen-bond donors (Lipinski definition) is 3. The topological polar surface area (TPSA) is 124 Å². The predicted molar refractivity (Wildman–Crippen MR) is 123 cm³/mol. The SMILES string of the molecule is Cn1nccc1C(=O)NC(C(=O)Nc1ccc2c(c1)NC(=O)C21CCOCC1)C1CCOCC1. The zero-order valence-corrected chi connectivity index (χ0v) is 19.1. The highest BCUT2D eigenvalue weighted by atomic mass is 16.5. The third-order valence-corrected chi connectivity index (χ3v) is 7.19. The summed E-state index contributed by atoms with van der Waals surface area (Å²) in [6.07, 6.45) is 4.18. The standard InChI is InChI=1S/C24H29N5O5/c1-29-19(4-9-25-29)21(30)28-20(15-5-10-33-11-6-15)22(31)26-16-2-3-17-18(14-16)27-23(32)24(17)7-12-34-13-8-24/h2-4,9,14-15,20H,5-8,10-13H2,1H3,(H,26,31)(H,27,32)(H,28,30). The van der Waals surface area contributed by atoms with Gasteiger partial charge in [0.2, 0.25) is 11.8 Å². The number of aromatic nitrogens is 2. The number of carbonyl (C=O) groups excluding carboxylic acids is 3. The predicted octanol–water partition coefficient (Wildman–Crippen LogP) is 1.58. The van der Waals surface area contributed by atoms with Gasteiger partial charge in [-0.15, -0.1) is 0 Å². The molecule has 34 heavy (non-hydrogen) atoms. The second-order valence-corrected chi connectivity index (χ2v) is 9.14. The van der Waals surface area contributed by atoms with E-state index in [1.165, 1.54) is 4.68 Å². The van der Waals surface area contributed by atoms with E-state index in [2.05, 4.69) is 21.0 Å². The van der Waals surface area contributed by atoms with Crippen LogP contribution >= 0.6 is 0 Å². The molecule has 1 spiro atoms. The van der Waals surface area contributed by atoms with E-state index in [9.17, 15) is 14.4 Å². The Morgan fingerprint density at radius 1 is 1.15 bits per heavy atom. The summed E-state index contributed by atoms with van der Waals surface area (Å²) in [6, 6.07) is 6.41. The Labute approximate surface area is 197 Å². The van der Waals surface area contributed by atoms with Crippen LogP contribution in [-0.4, -0.2) is 60.0 Å². The Morgan fingerprint density at radius 3 is 2.59 bits per heavy atom. The fourth-order valence-corrected chi connectivity index (χ4v) is 5.20. The molecule has 3 aliphatic heterocycles. The highest BCUT2D eigenvalue weighted by Gasteiger charge is 2.47. The van der Waals surface area contributed by atoms with E-state index in [1.807, 2.05) is 12.1 Å². The molecule has 3 amide bonds. The molecule has 4 heterocycles. The van der Waals surface area contributed by atoms with E-state index in [4.69, 9.17) is 9.47 Å². The normalized spacial score (nSPS) is 20.4. The van der Waals surface area contributed by atoms with Gasteiger partial charge in [0.05, 0.1) is 5.41 Å². The van der Waals surface area contributed by atoms with Crippen LogP contribution in [0.5, 0.6) is 0 Å². The van der Waals surface area contributed by atoms with Crippen LogP contribution in [0.3, 0.4) is 0 Å². The van der Waals surface area contributed by atoms with Crippen molar-refractivity contribution in [2.75, 3.05) is 37.1 Å². The number of anilines is 2. The summed E-state index contributed by atoms with van der Waals surface area (Å²) in [5, 5.41) is 12.9. The van der Waals surface area contributed by atoms with Crippen molar-refractivity contribution in [3.05, 3.63) is 41.7 Å². The van der Waals surface area contributed by atoms with Crippen molar-refractivity contribution in [1.82, 2.24) is 15.1 Å². The van der Waals surface area contributed by atoms with Gasteiger partial charge in [-0.05, 0) is 55.4 Å². The summed E-state index contributed by atoms with van der Waals surface area (Å²) in [5.74, 6) is -0.717. The minimum absolute atomic E-state index is 0.0159. The molecule has 10 nitrogen and oxygen atoms in total. The maximum absolute atomic E-state index is 13.4. The molecule has 0 bridgehead atoms. The maximum Gasteiger partial charge on any atom is 0.270 e. The van der Waals surface area contributed by atoms with Gasteiger partial charge in [0.15, 0.2) is 0 Å². The molecule has 1 atom stereocenters. The van der Waals surface area contributed by atoms with Crippen molar-refractivity contribution in [1.29, 1.82) is 0 Å². The maximum atomic E-state index is 13.4. The molecule has 180 valence electrons. The van der Waals surface area contributed by atoms with Gasteiger partial charge in [-0.2, -0.15) is 5.10 Å². The van der Waals surface area contributed by atoms with Crippen molar-refractivity contribution in [2.45, 2.75) is 37.1 Å². The molecule has 2 fully saturated rings. The molecule has 3 aliphatic rings. The number of fused-ring (bicyclic) bond motifs is 2. The molecule has 0 saturated carbocycles. The first-order chi connectivity index (χ1) is 16.5. The Kier molecular flexibility index (Phi) is 6.09. The highest BCUT2D eigenvalue weighted by Crippen LogP contribution is 2.45. The molecular weight excluding hydrogens is 438 g/mol.